The molecule has 0 saturated carbocycles. The number of tetrazole rings is 1. The van der Waals surface area contributed by atoms with Crippen molar-refractivity contribution in [1.29, 1.82) is 0 Å². The summed E-state index contributed by atoms with van der Waals surface area (Å²) < 4.78 is 47.3. The van der Waals surface area contributed by atoms with Crippen molar-refractivity contribution in [1.82, 2.24) is 24.9 Å². The third kappa shape index (κ3) is 3.77. The van der Waals surface area contributed by atoms with E-state index in [-0.39, 0.29) is 23.6 Å². The van der Waals surface area contributed by atoms with Gasteiger partial charge in [-0.25, -0.2) is 17.8 Å². The molecule has 11 heteroatoms. The first-order valence-corrected chi connectivity index (χ1v) is 11.7. The van der Waals surface area contributed by atoms with E-state index in [4.69, 9.17) is 14.2 Å². The Hall–Kier alpha value is -2.86. The van der Waals surface area contributed by atoms with E-state index in [1.807, 2.05) is 31.2 Å². The van der Waals surface area contributed by atoms with Gasteiger partial charge < -0.3 is 14.2 Å². The highest BCUT2D eigenvalue weighted by molar-refractivity contribution is 7.89. The first kappa shape index (κ1) is 21.0. The van der Waals surface area contributed by atoms with Crippen LogP contribution in [0, 0.1) is 6.92 Å². The Morgan fingerprint density at radius 3 is 2.66 bits per heavy atom. The molecule has 3 aromatic rings. The number of ether oxygens (including phenoxy) is 3. The van der Waals surface area contributed by atoms with Gasteiger partial charge in [-0.05, 0) is 41.6 Å². The van der Waals surface area contributed by atoms with Gasteiger partial charge in [0.1, 0.15) is 24.0 Å². The first-order valence-electron chi connectivity index (χ1n) is 10.2. The summed E-state index contributed by atoms with van der Waals surface area (Å²) in [7, 11) is -2.10. The zero-order valence-corrected chi connectivity index (χ0v) is 18.4. The molecule has 2 aromatic carbocycles. The molecular formula is C21H23N5O5S. The van der Waals surface area contributed by atoms with Gasteiger partial charge in [0.25, 0.3) is 0 Å². The number of nitrogens with zero attached hydrogens (tertiary/aromatic N) is 4. The Morgan fingerprint density at radius 1 is 1.09 bits per heavy atom. The summed E-state index contributed by atoms with van der Waals surface area (Å²) in [6, 6.07) is 13.4. The molecule has 0 aliphatic carbocycles. The Balaban J connectivity index is 1.35. The van der Waals surface area contributed by atoms with Crippen LogP contribution in [-0.2, 0) is 19.5 Å². The molecule has 32 heavy (non-hydrogen) atoms. The topological polar surface area (TPSA) is 117 Å². The number of fused-ring (bicyclic) bond motifs is 1. The van der Waals surface area contributed by atoms with Crippen LogP contribution in [0.2, 0.25) is 0 Å². The van der Waals surface area contributed by atoms with Crippen LogP contribution in [0.1, 0.15) is 11.6 Å². The highest BCUT2D eigenvalue weighted by Gasteiger charge is 2.50. The zero-order chi connectivity index (χ0) is 22.3. The van der Waals surface area contributed by atoms with Crippen molar-refractivity contribution in [3.63, 3.8) is 0 Å². The van der Waals surface area contributed by atoms with Gasteiger partial charge in [-0.3, -0.25) is 0 Å². The third-order valence-electron chi connectivity index (χ3n) is 5.80. The van der Waals surface area contributed by atoms with Gasteiger partial charge in [0.15, 0.2) is 5.82 Å². The molecular weight excluding hydrogens is 434 g/mol. The van der Waals surface area contributed by atoms with Crippen molar-refractivity contribution in [2.24, 2.45) is 0 Å². The molecule has 0 bridgehead atoms. The molecule has 10 nitrogen and oxygen atoms in total. The van der Waals surface area contributed by atoms with Gasteiger partial charge >= 0.3 is 0 Å². The zero-order valence-electron chi connectivity index (χ0n) is 17.6. The quantitative estimate of drug-likeness (QED) is 0.589. The maximum absolute atomic E-state index is 12.8. The minimum atomic E-state index is -3.70. The van der Waals surface area contributed by atoms with Crippen molar-refractivity contribution in [2.75, 3.05) is 20.3 Å². The molecule has 2 aliphatic heterocycles. The second-order valence-electron chi connectivity index (χ2n) is 7.88. The van der Waals surface area contributed by atoms with E-state index in [0.717, 1.165) is 11.1 Å². The molecule has 2 aliphatic rings. The molecule has 3 heterocycles. The number of rotatable bonds is 6. The second kappa shape index (κ2) is 8.24. The molecule has 1 aromatic heterocycles. The van der Waals surface area contributed by atoms with Crippen LogP contribution in [-0.4, -0.2) is 67.2 Å². The molecule has 1 N–H and O–H groups in total. The lowest BCUT2D eigenvalue weighted by Crippen LogP contribution is -2.44. The van der Waals surface area contributed by atoms with Crippen molar-refractivity contribution < 1.29 is 22.6 Å². The summed E-state index contributed by atoms with van der Waals surface area (Å²) in [5.74, 6) is 1.26. The Morgan fingerprint density at radius 2 is 1.88 bits per heavy atom. The smallest absolute Gasteiger partial charge is 0.240 e. The van der Waals surface area contributed by atoms with Crippen LogP contribution in [0.4, 0.5) is 0 Å². The lowest BCUT2D eigenvalue weighted by Gasteiger charge is -2.18. The molecule has 2 fully saturated rings. The average molecular weight is 458 g/mol. The molecule has 2 saturated heterocycles. The van der Waals surface area contributed by atoms with Crippen LogP contribution < -0.4 is 9.46 Å². The number of aryl methyl sites for hydroxylation is 1. The van der Waals surface area contributed by atoms with Gasteiger partial charge in [-0.1, -0.05) is 29.8 Å². The monoisotopic (exact) mass is 457 g/mol. The van der Waals surface area contributed by atoms with E-state index >= 15 is 0 Å². The SMILES string of the molecule is COc1cccc(-c2nnnn2C2COC3C(NS(=O)(=O)c4ccc(C)cc4)COC32)c1. The van der Waals surface area contributed by atoms with Crippen LogP contribution in [0.5, 0.6) is 5.75 Å². The number of methoxy groups -OCH3 is 1. The van der Waals surface area contributed by atoms with E-state index in [9.17, 15) is 8.42 Å². The first-order chi connectivity index (χ1) is 15.5. The maximum atomic E-state index is 12.8. The normalized spacial score (nSPS) is 25.1. The number of aromatic nitrogens is 4. The lowest BCUT2D eigenvalue weighted by molar-refractivity contribution is 0.0626. The van der Waals surface area contributed by atoms with Gasteiger partial charge in [0.2, 0.25) is 10.0 Å². The van der Waals surface area contributed by atoms with Crippen LogP contribution in [0.3, 0.4) is 0 Å². The lowest BCUT2D eigenvalue weighted by atomic mass is 10.1. The number of sulfonamides is 1. The minimum absolute atomic E-state index is 0.202. The van der Waals surface area contributed by atoms with Crippen molar-refractivity contribution in [3.8, 4) is 17.1 Å². The van der Waals surface area contributed by atoms with Crippen LogP contribution >= 0.6 is 0 Å². The predicted molar refractivity (Wildman–Crippen MR) is 114 cm³/mol. The Kier molecular flexibility index (Phi) is 5.41. The van der Waals surface area contributed by atoms with Gasteiger partial charge in [0.05, 0.1) is 31.3 Å². The fourth-order valence-electron chi connectivity index (χ4n) is 4.14. The van der Waals surface area contributed by atoms with Crippen molar-refractivity contribution >= 4 is 10.0 Å². The van der Waals surface area contributed by atoms with Crippen LogP contribution in [0.25, 0.3) is 11.4 Å². The van der Waals surface area contributed by atoms with Gasteiger partial charge in [0, 0.05) is 5.56 Å². The van der Waals surface area contributed by atoms with Crippen LogP contribution in [0.15, 0.2) is 53.4 Å². The van der Waals surface area contributed by atoms with Crippen molar-refractivity contribution in [3.05, 3.63) is 54.1 Å². The fraction of sp³-hybridized carbons (Fsp3) is 0.381. The van der Waals surface area contributed by atoms with E-state index in [1.54, 1.807) is 36.1 Å². The van der Waals surface area contributed by atoms with E-state index in [2.05, 4.69) is 20.2 Å². The summed E-state index contributed by atoms with van der Waals surface area (Å²) in [6.07, 6.45) is -0.823. The predicted octanol–water partition coefficient (Wildman–Crippen LogP) is 1.34. The summed E-state index contributed by atoms with van der Waals surface area (Å²) in [4.78, 5) is 0.210. The number of hydrogen-bond donors (Lipinski definition) is 1. The number of hydrogen-bond acceptors (Lipinski definition) is 8. The van der Waals surface area contributed by atoms with E-state index < -0.39 is 22.2 Å². The summed E-state index contributed by atoms with van der Waals surface area (Å²) in [5.41, 5.74) is 1.79. The highest BCUT2D eigenvalue weighted by atomic mass is 32.2. The molecule has 4 atom stereocenters. The third-order valence-corrected chi connectivity index (χ3v) is 7.31. The molecule has 0 spiro atoms. The van der Waals surface area contributed by atoms with E-state index in [0.29, 0.717) is 18.2 Å². The molecule has 0 amide bonds. The fourth-order valence-corrected chi connectivity index (χ4v) is 5.37. The maximum Gasteiger partial charge on any atom is 0.240 e. The van der Waals surface area contributed by atoms with E-state index in [1.165, 1.54) is 0 Å². The molecule has 4 unspecified atom stereocenters. The number of benzene rings is 2. The summed E-state index contributed by atoms with van der Waals surface area (Å²) in [5, 5.41) is 12.2. The molecule has 5 rings (SSSR count). The summed E-state index contributed by atoms with van der Waals surface area (Å²) in [6.45, 7) is 2.41. The molecule has 168 valence electrons. The minimum Gasteiger partial charge on any atom is -0.497 e. The standard InChI is InChI=1S/C21H23N5O5S/c1-13-6-8-16(9-7-13)32(27,28)23-17-11-30-20-18(12-31-19(17)20)26-21(22-24-25-26)14-4-3-5-15(10-14)29-2/h3-10,17-20,23H,11-12H2,1-2H3. The Bertz CT molecular complexity index is 1210. The molecule has 0 radical (unpaired) electrons. The summed E-state index contributed by atoms with van der Waals surface area (Å²) >= 11 is 0. The second-order valence-corrected chi connectivity index (χ2v) is 9.60. The number of nitrogens with one attached hydrogen (secondary N) is 1. The van der Waals surface area contributed by atoms with Crippen molar-refractivity contribution in [2.45, 2.75) is 36.1 Å². The Labute approximate surface area is 185 Å². The highest BCUT2D eigenvalue weighted by Crippen LogP contribution is 2.36. The van der Waals surface area contributed by atoms with Gasteiger partial charge in [-0.2, -0.15) is 0 Å². The average Bonchev–Trinajstić information content (AvgIpc) is 3.51. The largest absolute Gasteiger partial charge is 0.497 e. The van der Waals surface area contributed by atoms with Gasteiger partial charge in [-0.15, -0.1) is 5.10 Å².